The van der Waals surface area contributed by atoms with Crippen LogP contribution >= 0.6 is 46.6 Å². The number of esters is 3. The van der Waals surface area contributed by atoms with E-state index >= 15 is 0 Å². The van der Waals surface area contributed by atoms with Gasteiger partial charge in [-0.1, -0.05) is 210 Å². The Labute approximate surface area is 493 Å². The third kappa shape index (κ3) is 17.4. The van der Waals surface area contributed by atoms with Gasteiger partial charge in [0.05, 0.1) is 43.1 Å². The fraction of sp³-hybridized carbons (Fsp3) is 0.270. The molecule has 0 aliphatic carbocycles. The van der Waals surface area contributed by atoms with Crippen molar-refractivity contribution in [2.24, 2.45) is 0 Å². The molecule has 2 fully saturated rings. The average Bonchev–Trinajstić information content (AvgIpc) is 3.55. The number of alkyl halides is 3. The van der Waals surface area contributed by atoms with Crippen molar-refractivity contribution in [3.63, 3.8) is 0 Å². The smallest absolute Gasteiger partial charge is 0.452 e. The van der Waals surface area contributed by atoms with Gasteiger partial charge in [0.2, 0.25) is 3.79 Å². The van der Waals surface area contributed by atoms with Crippen molar-refractivity contribution in [2.75, 3.05) is 19.8 Å². The molecule has 0 aromatic heterocycles. The molecular formula is C63H57Cl3O15S. The first-order chi connectivity index (χ1) is 39.9. The van der Waals surface area contributed by atoms with Crippen LogP contribution in [-0.4, -0.2) is 108 Å². The molecule has 9 rings (SSSR count). The van der Waals surface area contributed by atoms with E-state index in [4.69, 9.17) is 86.9 Å². The van der Waals surface area contributed by atoms with Crippen molar-refractivity contribution in [2.45, 2.75) is 89.1 Å². The molecule has 0 bridgehead atoms. The van der Waals surface area contributed by atoms with E-state index < -0.39 is 108 Å². The van der Waals surface area contributed by atoms with E-state index in [1.165, 1.54) is 11.8 Å². The summed E-state index contributed by atoms with van der Waals surface area (Å²) in [4.78, 5) is 57.0. The number of carbonyl (C=O) groups excluding carboxylic acids is 4. The average molecular weight is 1190 g/mol. The van der Waals surface area contributed by atoms with Crippen LogP contribution < -0.4 is 0 Å². The molecule has 426 valence electrons. The van der Waals surface area contributed by atoms with Crippen molar-refractivity contribution < 1.29 is 71.3 Å². The highest BCUT2D eigenvalue weighted by Gasteiger charge is 2.55. The van der Waals surface area contributed by atoms with Gasteiger partial charge in [-0.25, -0.2) is 19.2 Å². The molecule has 2 saturated heterocycles. The maximum absolute atomic E-state index is 14.4. The summed E-state index contributed by atoms with van der Waals surface area (Å²) in [6.07, 6.45) is -12.8. The molecule has 82 heavy (non-hydrogen) atoms. The van der Waals surface area contributed by atoms with E-state index in [1.54, 1.807) is 91.0 Å². The lowest BCUT2D eigenvalue weighted by Gasteiger charge is -2.47. The lowest BCUT2D eigenvalue weighted by Crippen LogP contribution is -2.64. The van der Waals surface area contributed by atoms with Crippen molar-refractivity contribution in [1.82, 2.24) is 0 Å². The minimum absolute atomic E-state index is 0.0366. The highest BCUT2D eigenvalue weighted by atomic mass is 35.6. The summed E-state index contributed by atoms with van der Waals surface area (Å²) in [7, 11) is 0. The van der Waals surface area contributed by atoms with E-state index in [0.717, 1.165) is 16.7 Å². The molecule has 0 saturated carbocycles. The summed E-state index contributed by atoms with van der Waals surface area (Å²) in [6, 6.07) is 62.2. The van der Waals surface area contributed by atoms with Gasteiger partial charge in [-0.15, -0.1) is 0 Å². The quantitative estimate of drug-likeness (QED) is 0.0336. The standard InChI is InChI=1S/C63H57Cl3O15S/c64-63(65,66)41-76-62(70)75-40-49-51(71-36-42-22-8-1-9-23-42)53(72-37-43-24-10-2-11-25-43)55(73-38-44-26-12-3-13-27-44)60(77-49)74-39-50-52(79-57(67)45-28-14-4-15-29-45)54(80-58(68)46-30-16-5-17-31-46)56(81-59(69)47-32-18-6-19-33-47)61(78-50)82-48-34-20-7-21-35-48/h1-35,49-56,60-61H,36-41H2/t49-,50-,51+,52+,53+,54+,55-,56-,60+,61+/m1/s1. The van der Waals surface area contributed by atoms with Crippen LogP contribution in [0.4, 0.5) is 4.79 Å². The van der Waals surface area contributed by atoms with Crippen molar-refractivity contribution in [1.29, 1.82) is 0 Å². The molecule has 7 aromatic carbocycles. The van der Waals surface area contributed by atoms with Crippen LogP contribution in [0.5, 0.6) is 0 Å². The third-order valence-electron chi connectivity index (χ3n) is 12.9. The zero-order chi connectivity index (χ0) is 57.1. The van der Waals surface area contributed by atoms with Crippen LogP contribution in [0.2, 0.25) is 0 Å². The second-order valence-electron chi connectivity index (χ2n) is 18.8. The highest BCUT2D eigenvalue weighted by Crippen LogP contribution is 2.40. The van der Waals surface area contributed by atoms with E-state index in [2.05, 4.69) is 0 Å². The molecule has 0 amide bonds. The van der Waals surface area contributed by atoms with Crippen LogP contribution in [0.15, 0.2) is 217 Å². The molecule has 10 atom stereocenters. The maximum atomic E-state index is 14.4. The van der Waals surface area contributed by atoms with Crippen LogP contribution in [0.3, 0.4) is 0 Å². The van der Waals surface area contributed by atoms with E-state index in [-0.39, 0.29) is 36.5 Å². The number of halogens is 3. The number of hydrogen-bond acceptors (Lipinski definition) is 16. The Kier molecular flexibility index (Phi) is 21.9. The SMILES string of the molecule is O=C(OC[C@H]1O[C@H](OC[C@H]2O[C@@H](Sc3ccccc3)[C@H](OC(=O)c3ccccc3)[C@@H](OC(=O)c3ccccc3)[C@H]2OC(=O)c2ccccc2)[C@H](OCc2ccccc2)[C@@H](OCc2ccccc2)[C@H]1OCc1ccccc1)OCC(Cl)(Cl)Cl. The Morgan fingerprint density at radius 3 is 1.26 bits per heavy atom. The zero-order valence-electron chi connectivity index (χ0n) is 43.9. The fourth-order valence-electron chi connectivity index (χ4n) is 8.98. The molecule has 7 aromatic rings. The third-order valence-corrected chi connectivity index (χ3v) is 14.4. The minimum atomic E-state index is -1.93. The largest absolute Gasteiger partial charge is 0.508 e. The molecule has 0 radical (unpaired) electrons. The number of ether oxygens (including phenoxy) is 11. The maximum Gasteiger partial charge on any atom is 0.508 e. The van der Waals surface area contributed by atoms with Crippen LogP contribution in [0.25, 0.3) is 0 Å². The first-order valence-electron chi connectivity index (χ1n) is 26.2. The minimum Gasteiger partial charge on any atom is -0.452 e. The van der Waals surface area contributed by atoms with E-state index in [0.29, 0.717) is 4.90 Å². The van der Waals surface area contributed by atoms with Gasteiger partial charge in [0.25, 0.3) is 0 Å². The Hall–Kier alpha value is -6.80. The first-order valence-corrected chi connectivity index (χ1v) is 28.2. The van der Waals surface area contributed by atoms with Gasteiger partial charge < -0.3 is 52.1 Å². The van der Waals surface area contributed by atoms with Crippen LogP contribution in [-0.2, 0) is 71.9 Å². The van der Waals surface area contributed by atoms with Gasteiger partial charge in [0, 0.05) is 4.90 Å². The summed E-state index contributed by atoms with van der Waals surface area (Å²) in [5.74, 6) is -2.38. The Morgan fingerprint density at radius 1 is 0.402 bits per heavy atom. The summed E-state index contributed by atoms with van der Waals surface area (Å²) < 4.78 is 69.3. The zero-order valence-corrected chi connectivity index (χ0v) is 47.0. The molecule has 2 aliphatic rings. The Bertz CT molecular complexity index is 3080. The molecular weight excluding hydrogens is 1140 g/mol. The van der Waals surface area contributed by atoms with Crippen molar-refractivity contribution in [3.05, 3.63) is 246 Å². The van der Waals surface area contributed by atoms with Gasteiger partial charge >= 0.3 is 24.1 Å². The second kappa shape index (κ2) is 30.0. The summed E-state index contributed by atoms with van der Waals surface area (Å²) in [5.41, 5.74) is 1.81. The molecule has 2 aliphatic heterocycles. The summed E-state index contributed by atoms with van der Waals surface area (Å²) >= 11 is 18.9. The molecule has 2 heterocycles. The summed E-state index contributed by atoms with van der Waals surface area (Å²) in [5, 5.41) is 0. The summed E-state index contributed by atoms with van der Waals surface area (Å²) in [6.45, 7) is -1.41. The Balaban J connectivity index is 1.12. The monoisotopic (exact) mass is 1190 g/mol. The van der Waals surface area contributed by atoms with Crippen molar-refractivity contribution in [3.8, 4) is 0 Å². The van der Waals surface area contributed by atoms with Gasteiger partial charge in [-0.3, -0.25) is 0 Å². The first kappa shape index (κ1) is 59.8. The van der Waals surface area contributed by atoms with Gasteiger partial charge in [-0.2, -0.15) is 0 Å². The predicted octanol–water partition coefficient (Wildman–Crippen LogP) is 12.2. The molecule has 0 unspecified atom stereocenters. The van der Waals surface area contributed by atoms with E-state index in [1.807, 2.05) is 121 Å². The number of rotatable bonds is 23. The van der Waals surface area contributed by atoms with E-state index in [9.17, 15) is 19.2 Å². The van der Waals surface area contributed by atoms with Gasteiger partial charge in [0.1, 0.15) is 49.2 Å². The second-order valence-corrected chi connectivity index (χ2v) is 22.5. The van der Waals surface area contributed by atoms with Gasteiger partial charge in [0.15, 0.2) is 24.6 Å². The number of hydrogen-bond donors (Lipinski definition) is 0. The molecule has 19 heteroatoms. The van der Waals surface area contributed by atoms with Crippen LogP contribution in [0.1, 0.15) is 47.8 Å². The van der Waals surface area contributed by atoms with Crippen LogP contribution in [0, 0.1) is 0 Å². The Morgan fingerprint density at radius 2 is 0.793 bits per heavy atom. The molecule has 0 N–H and O–H groups in total. The van der Waals surface area contributed by atoms with Gasteiger partial charge in [-0.05, 0) is 65.2 Å². The van der Waals surface area contributed by atoms with Crippen molar-refractivity contribution >= 4 is 70.6 Å². The topological polar surface area (TPSA) is 170 Å². The molecule has 15 nitrogen and oxygen atoms in total. The lowest BCUT2D eigenvalue weighted by atomic mass is 9.97. The predicted molar refractivity (Wildman–Crippen MR) is 305 cm³/mol. The molecule has 0 spiro atoms. The fourth-order valence-corrected chi connectivity index (χ4v) is 10.3. The normalized spacial score (nSPS) is 22.5. The number of thioether (sulfide) groups is 1. The number of benzene rings is 7. The number of carbonyl (C=O) groups is 4. The lowest BCUT2D eigenvalue weighted by molar-refractivity contribution is -0.333. The highest BCUT2D eigenvalue weighted by molar-refractivity contribution is 7.99.